The van der Waals surface area contributed by atoms with Crippen LogP contribution in [-0.4, -0.2) is 49.5 Å². The van der Waals surface area contributed by atoms with Gasteiger partial charge in [0, 0.05) is 24.8 Å². The number of ether oxygens (including phenoxy) is 1. The molecule has 0 bridgehead atoms. The predicted molar refractivity (Wildman–Crippen MR) is 167 cm³/mol. The molecule has 3 aromatic carbocycles. The number of pyridine rings is 1. The van der Waals surface area contributed by atoms with Crippen molar-refractivity contribution in [2.24, 2.45) is 0 Å². The molecular weight excluding hydrogens is 589 g/mol. The summed E-state index contributed by atoms with van der Waals surface area (Å²) >= 11 is 0. The fourth-order valence-corrected chi connectivity index (χ4v) is 5.88. The summed E-state index contributed by atoms with van der Waals surface area (Å²) in [4.78, 5) is 28.6. The van der Waals surface area contributed by atoms with Crippen LogP contribution in [0.25, 0.3) is 10.8 Å². The third-order valence-corrected chi connectivity index (χ3v) is 9.24. The van der Waals surface area contributed by atoms with Gasteiger partial charge in [-0.1, -0.05) is 30.3 Å². The molecule has 44 heavy (non-hydrogen) atoms. The van der Waals surface area contributed by atoms with Crippen molar-refractivity contribution in [3.63, 3.8) is 0 Å². The van der Waals surface area contributed by atoms with Gasteiger partial charge in [0.05, 0.1) is 27.8 Å². The molecule has 232 valence electrons. The number of carboxylic acids is 1. The van der Waals surface area contributed by atoms with Crippen molar-refractivity contribution in [3.8, 4) is 0 Å². The Morgan fingerprint density at radius 2 is 1.80 bits per heavy atom. The second-order valence-corrected chi connectivity index (χ2v) is 12.8. The van der Waals surface area contributed by atoms with E-state index in [1.54, 1.807) is 63.4 Å². The molecule has 4 aromatic rings. The van der Waals surface area contributed by atoms with Crippen molar-refractivity contribution in [1.29, 1.82) is 0 Å². The van der Waals surface area contributed by atoms with Gasteiger partial charge in [0.25, 0.3) is 0 Å². The van der Waals surface area contributed by atoms with Crippen LogP contribution in [0, 0.1) is 5.82 Å². The Bertz CT molecular complexity index is 1780. The van der Waals surface area contributed by atoms with Gasteiger partial charge in [-0.3, -0.25) is 5.32 Å². The average Bonchev–Trinajstić information content (AvgIpc) is 2.97. The van der Waals surface area contributed by atoms with Crippen molar-refractivity contribution < 1.29 is 32.2 Å². The van der Waals surface area contributed by atoms with Crippen molar-refractivity contribution in [3.05, 3.63) is 89.4 Å². The van der Waals surface area contributed by atoms with E-state index in [4.69, 9.17) is 10.5 Å². The number of benzene rings is 3. The van der Waals surface area contributed by atoms with Crippen LogP contribution in [0.3, 0.4) is 0 Å². The molecule has 6 N–H and O–H groups in total. The molecule has 0 aliphatic heterocycles. The van der Waals surface area contributed by atoms with Crippen LogP contribution in [0.5, 0.6) is 0 Å². The molecule has 13 heteroatoms. The lowest BCUT2D eigenvalue weighted by Crippen LogP contribution is -2.21. The fraction of sp³-hybridized carbons (Fsp3) is 0.258. The number of rotatable bonds is 12. The Morgan fingerprint density at radius 1 is 1.07 bits per heavy atom. The lowest BCUT2D eigenvalue weighted by Gasteiger charge is -2.18. The van der Waals surface area contributed by atoms with Crippen LogP contribution >= 0.6 is 0 Å². The van der Waals surface area contributed by atoms with E-state index in [0.717, 1.165) is 5.56 Å². The average molecular weight is 624 g/mol. The van der Waals surface area contributed by atoms with Crippen molar-refractivity contribution in [1.82, 2.24) is 10.3 Å². The number of hydrogen-bond acceptors (Lipinski definition) is 9. The first-order valence-electron chi connectivity index (χ1n) is 13.8. The molecule has 11 nitrogen and oxygen atoms in total. The van der Waals surface area contributed by atoms with E-state index in [1.165, 1.54) is 24.4 Å². The van der Waals surface area contributed by atoms with Gasteiger partial charge in [0.1, 0.15) is 5.82 Å². The number of carbonyl (C=O) groups is 2. The number of nitrogen functional groups attached to an aromatic ring is 1. The van der Waals surface area contributed by atoms with Gasteiger partial charge in [0.15, 0.2) is 21.7 Å². The van der Waals surface area contributed by atoms with E-state index in [1.807, 2.05) is 0 Å². The quantitative estimate of drug-likeness (QED) is 0.146. The summed E-state index contributed by atoms with van der Waals surface area (Å²) < 4.78 is 45.8. The van der Waals surface area contributed by atoms with Crippen molar-refractivity contribution >= 4 is 49.9 Å². The zero-order valence-corrected chi connectivity index (χ0v) is 25.2. The van der Waals surface area contributed by atoms with Crippen LogP contribution < -0.4 is 21.7 Å². The molecule has 0 aliphatic carbocycles. The minimum atomic E-state index is -3.50. The summed E-state index contributed by atoms with van der Waals surface area (Å²) in [5.74, 6) is -1.89. The van der Waals surface area contributed by atoms with E-state index >= 15 is 4.39 Å². The van der Waals surface area contributed by atoms with E-state index in [2.05, 4.69) is 20.9 Å². The number of carboxylic acid groups (broad SMARTS) is 1. The van der Waals surface area contributed by atoms with Gasteiger partial charge in [-0.2, -0.15) is 0 Å². The molecule has 1 amide bonds. The molecule has 0 spiro atoms. The Morgan fingerprint density at radius 3 is 2.45 bits per heavy atom. The van der Waals surface area contributed by atoms with Crippen molar-refractivity contribution in [2.75, 3.05) is 30.0 Å². The van der Waals surface area contributed by atoms with Crippen LogP contribution in [0.2, 0.25) is 0 Å². The third kappa shape index (κ3) is 7.24. The van der Waals surface area contributed by atoms with E-state index in [9.17, 15) is 23.1 Å². The number of aliphatic carboxylic acids is 1. The molecule has 0 saturated heterocycles. The Labute approximate surface area is 254 Å². The van der Waals surface area contributed by atoms with Crippen LogP contribution in [0.4, 0.5) is 26.4 Å². The Balaban J connectivity index is 1.37. The summed E-state index contributed by atoms with van der Waals surface area (Å²) in [5, 5.41) is 18.2. The van der Waals surface area contributed by atoms with Gasteiger partial charge in [-0.25, -0.2) is 27.4 Å². The summed E-state index contributed by atoms with van der Waals surface area (Å²) in [6.07, 6.45) is 1.10. The van der Waals surface area contributed by atoms with Crippen molar-refractivity contribution in [2.45, 2.75) is 43.0 Å². The van der Waals surface area contributed by atoms with E-state index in [0.29, 0.717) is 35.2 Å². The minimum Gasteiger partial charge on any atom is -0.479 e. The minimum absolute atomic E-state index is 0.00400. The SMILES string of the molecule is CNCc1cc(NC(=O)OCCc2ccc(C(Nc3ccc4ccnc(N)c4c3F)C(=O)O)cc2)ccc1S(=O)(=O)C(C)C. The lowest BCUT2D eigenvalue weighted by atomic mass is 10.0. The van der Waals surface area contributed by atoms with Crippen LogP contribution in [-0.2, 0) is 32.3 Å². The number of halogens is 1. The number of anilines is 3. The number of nitrogens with one attached hydrogen (secondary N) is 3. The maximum absolute atomic E-state index is 15.2. The van der Waals surface area contributed by atoms with E-state index in [-0.39, 0.29) is 28.4 Å². The van der Waals surface area contributed by atoms with Gasteiger partial charge in [0.2, 0.25) is 0 Å². The molecule has 4 rings (SSSR count). The number of hydrogen-bond donors (Lipinski definition) is 5. The molecule has 0 fully saturated rings. The third-order valence-electron chi connectivity index (χ3n) is 6.98. The highest BCUT2D eigenvalue weighted by Crippen LogP contribution is 2.30. The Kier molecular flexibility index (Phi) is 10.0. The number of carbonyl (C=O) groups excluding carboxylic acids is 1. The first-order chi connectivity index (χ1) is 20.9. The van der Waals surface area contributed by atoms with Gasteiger partial charge in [-0.05, 0) is 73.3 Å². The highest BCUT2D eigenvalue weighted by Gasteiger charge is 2.24. The number of aromatic nitrogens is 1. The fourth-order valence-electron chi connectivity index (χ4n) is 4.62. The maximum Gasteiger partial charge on any atom is 0.411 e. The maximum atomic E-state index is 15.2. The number of fused-ring (bicyclic) bond motifs is 1. The van der Waals surface area contributed by atoms with Gasteiger partial charge < -0.3 is 26.2 Å². The van der Waals surface area contributed by atoms with Gasteiger partial charge >= 0.3 is 12.1 Å². The largest absolute Gasteiger partial charge is 0.479 e. The van der Waals surface area contributed by atoms with E-state index < -0.39 is 39.0 Å². The highest BCUT2D eigenvalue weighted by atomic mass is 32.2. The van der Waals surface area contributed by atoms with Crippen LogP contribution in [0.15, 0.2) is 71.8 Å². The molecule has 1 atom stereocenters. The second-order valence-electron chi connectivity index (χ2n) is 10.3. The number of nitrogens with two attached hydrogens (primary N) is 1. The smallest absolute Gasteiger partial charge is 0.411 e. The summed E-state index contributed by atoms with van der Waals surface area (Å²) in [5.41, 5.74) is 7.89. The molecule has 1 aromatic heterocycles. The normalized spacial score (nSPS) is 12.2. The highest BCUT2D eigenvalue weighted by molar-refractivity contribution is 7.92. The molecule has 0 radical (unpaired) electrons. The van der Waals surface area contributed by atoms with Gasteiger partial charge in [-0.15, -0.1) is 0 Å². The molecule has 0 aliphatic rings. The molecule has 1 unspecified atom stereocenters. The zero-order valence-electron chi connectivity index (χ0n) is 24.4. The summed E-state index contributed by atoms with van der Waals surface area (Å²) in [6.45, 7) is 3.55. The summed E-state index contributed by atoms with van der Waals surface area (Å²) in [6, 6.07) is 14.6. The predicted octanol–water partition coefficient (Wildman–Crippen LogP) is 4.89. The lowest BCUT2D eigenvalue weighted by molar-refractivity contribution is -0.138. The standard InChI is InChI=1S/C31H34FN5O6S/c1-18(2)44(41,42)25-11-9-23(16-22(25)17-34-3)36-31(40)43-15-13-19-4-6-21(7-5-19)28(30(38)39)37-24-10-8-20-12-14-35-29(33)26(20)27(24)32/h4-12,14,16,18,28,34,37H,13,15,17H2,1-3H3,(H2,33,35)(H,36,40)(H,38,39). The Hall–Kier alpha value is -4.75. The second kappa shape index (κ2) is 13.7. The monoisotopic (exact) mass is 623 g/mol. The first-order valence-corrected chi connectivity index (χ1v) is 15.3. The van der Waals surface area contributed by atoms with Crippen LogP contribution in [0.1, 0.15) is 36.6 Å². The topological polar surface area (TPSA) is 173 Å². The first kappa shape index (κ1) is 32.2. The number of amides is 1. The molecule has 0 saturated carbocycles. The molecular formula is C31H34FN5O6S. The molecule has 1 heterocycles. The zero-order chi connectivity index (χ0) is 32.0. The number of nitrogens with zero attached hydrogens (tertiary/aromatic N) is 1. The summed E-state index contributed by atoms with van der Waals surface area (Å²) in [7, 11) is -1.81. The number of sulfone groups is 1.